The van der Waals surface area contributed by atoms with Gasteiger partial charge in [-0.3, -0.25) is 0 Å². The van der Waals surface area contributed by atoms with Crippen LogP contribution in [-0.2, 0) is 26.5 Å². The van der Waals surface area contributed by atoms with Gasteiger partial charge >= 0.3 is 0 Å². The number of piperidine rings is 1. The molecule has 2 fully saturated rings. The van der Waals surface area contributed by atoms with Gasteiger partial charge in [0.05, 0.1) is 24.6 Å². The Balaban J connectivity index is 1.76. The van der Waals surface area contributed by atoms with E-state index in [4.69, 9.17) is 9.47 Å². The minimum atomic E-state index is -3.55. The molecule has 1 aromatic rings. The van der Waals surface area contributed by atoms with Gasteiger partial charge < -0.3 is 14.0 Å². The zero-order chi connectivity index (χ0) is 15.8. The number of sulfonamides is 1. The average Bonchev–Trinajstić information content (AvgIpc) is 3.07. The number of nitrogens with zero attached hydrogens (tertiary/aromatic N) is 3. The SMILES string of the molecule is CCO[C@H]1CO[C@@]2(CCCN(S(=O)(=O)c3cn(C)cn3)C2)C1. The molecule has 0 bridgehead atoms. The number of aromatic nitrogens is 2. The average molecular weight is 329 g/mol. The number of aryl methyl sites for hydroxylation is 1. The standard InChI is InChI=1S/C14H23N3O4S/c1-3-20-12-7-14(21-9-12)5-4-6-17(10-14)22(18,19)13-8-16(2)11-15-13/h8,11-12H,3-7,9-10H2,1-2H3/t12-,14+/m1/s1. The van der Waals surface area contributed by atoms with Crippen molar-refractivity contribution in [2.24, 2.45) is 7.05 Å². The van der Waals surface area contributed by atoms with Crippen molar-refractivity contribution in [3.05, 3.63) is 12.5 Å². The third-order valence-corrected chi connectivity index (χ3v) is 6.10. The Morgan fingerprint density at radius 1 is 1.55 bits per heavy atom. The number of hydrogen-bond acceptors (Lipinski definition) is 5. The van der Waals surface area contributed by atoms with Crippen LogP contribution >= 0.6 is 0 Å². The van der Waals surface area contributed by atoms with Gasteiger partial charge in [0.15, 0.2) is 5.03 Å². The fourth-order valence-corrected chi connectivity index (χ4v) is 4.87. The molecule has 0 unspecified atom stereocenters. The van der Waals surface area contributed by atoms with Crippen LogP contribution in [0, 0.1) is 0 Å². The van der Waals surface area contributed by atoms with Crippen LogP contribution in [0.25, 0.3) is 0 Å². The molecule has 2 saturated heterocycles. The van der Waals surface area contributed by atoms with Gasteiger partial charge in [-0.25, -0.2) is 13.4 Å². The van der Waals surface area contributed by atoms with E-state index in [1.54, 1.807) is 11.6 Å². The van der Waals surface area contributed by atoms with Gasteiger partial charge in [0.25, 0.3) is 10.0 Å². The molecule has 0 amide bonds. The summed E-state index contributed by atoms with van der Waals surface area (Å²) in [6.45, 7) is 4.06. The summed E-state index contributed by atoms with van der Waals surface area (Å²) in [7, 11) is -1.79. The van der Waals surface area contributed by atoms with Gasteiger partial charge in [-0.15, -0.1) is 0 Å². The summed E-state index contributed by atoms with van der Waals surface area (Å²) in [5.74, 6) is 0. The highest BCUT2D eigenvalue weighted by Crippen LogP contribution is 2.37. The summed E-state index contributed by atoms with van der Waals surface area (Å²) < 4.78 is 40.2. The van der Waals surface area contributed by atoms with Gasteiger partial charge in [0, 0.05) is 39.4 Å². The van der Waals surface area contributed by atoms with Gasteiger partial charge in [-0.1, -0.05) is 0 Å². The summed E-state index contributed by atoms with van der Waals surface area (Å²) >= 11 is 0. The molecule has 1 aromatic heterocycles. The van der Waals surface area contributed by atoms with Gasteiger partial charge in [0.2, 0.25) is 0 Å². The first-order chi connectivity index (χ1) is 10.5. The Morgan fingerprint density at radius 3 is 3.05 bits per heavy atom. The van der Waals surface area contributed by atoms with Crippen molar-refractivity contribution in [2.75, 3.05) is 26.3 Å². The molecule has 124 valence electrons. The lowest BCUT2D eigenvalue weighted by molar-refractivity contribution is -0.0353. The summed E-state index contributed by atoms with van der Waals surface area (Å²) in [5.41, 5.74) is -0.403. The zero-order valence-electron chi connectivity index (χ0n) is 13.1. The minimum absolute atomic E-state index is 0.0718. The number of rotatable bonds is 4. The molecule has 8 heteroatoms. The molecular weight excluding hydrogens is 306 g/mol. The largest absolute Gasteiger partial charge is 0.376 e. The molecule has 2 aliphatic rings. The van der Waals surface area contributed by atoms with E-state index in [0.29, 0.717) is 26.3 Å². The molecule has 0 aromatic carbocycles. The third-order valence-electron chi connectivity index (χ3n) is 4.37. The predicted molar refractivity (Wildman–Crippen MR) is 79.9 cm³/mol. The number of hydrogen-bond donors (Lipinski definition) is 0. The fraction of sp³-hybridized carbons (Fsp3) is 0.786. The van der Waals surface area contributed by atoms with Crippen LogP contribution in [-0.4, -0.2) is 60.3 Å². The van der Waals surface area contributed by atoms with Crippen molar-refractivity contribution < 1.29 is 17.9 Å². The van der Waals surface area contributed by atoms with E-state index in [1.165, 1.54) is 16.8 Å². The monoisotopic (exact) mass is 329 g/mol. The number of imidazole rings is 1. The van der Waals surface area contributed by atoms with Crippen LogP contribution in [0.5, 0.6) is 0 Å². The van der Waals surface area contributed by atoms with E-state index in [0.717, 1.165) is 19.3 Å². The summed E-state index contributed by atoms with van der Waals surface area (Å²) in [4.78, 5) is 3.99. The highest BCUT2D eigenvalue weighted by molar-refractivity contribution is 7.89. The van der Waals surface area contributed by atoms with Crippen LogP contribution in [0.15, 0.2) is 17.6 Å². The predicted octanol–water partition coefficient (Wildman–Crippen LogP) is 0.769. The lowest BCUT2D eigenvalue weighted by Gasteiger charge is -2.38. The maximum atomic E-state index is 12.7. The minimum Gasteiger partial charge on any atom is -0.376 e. The van der Waals surface area contributed by atoms with Gasteiger partial charge in [-0.2, -0.15) is 4.31 Å². The molecular formula is C14H23N3O4S. The molecule has 1 spiro atoms. The second kappa shape index (κ2) is 5.92. The van der Waals surface area contributed by atoms with Crippen molar-refractivity contribution in [1.82, 2.24) is 13.9 Å². The molecule has 7 nitrogen and oxygen atoms in total. The first-order valence-corrected chi connectivity index (χ1v) is 9.13. The molecule has 3 rings (SSSR count). The lowest BCUT2D eigenvalue weighted by atomic mass is 9.90. The molecule has 3 heterocycles. The fourth-order valence-electron chi connectivity index (χ4n) is 3.35. The van der Waals surface area contributed by atoms with E-state index in [9.17, 15) is 8.42 Å². The first-order valence-electron chi connectivity index (χ1n) is 7.69. The van der Waals surface area contributed by atoms with E-state index < -0.39 is 15.6 Å². The topological polar surface area (TPSA) is 73.7 Å². The maximum Gasteiger partial charge on any atom is 0.262 e. The molecule has 2 atom stereocenters. The first kappa shape index (κ1) is 15.9. The van der Waals surface area contributed by atoms with Crippen LogP contribution in [0.4, 0.5) is 0 Å². The summed E-state index contributed by atoms with van der Waals surface area (Å²) in [6, 6.07) is 0. The van der Waals surface area contributed by atoms with Gasteiger partial charge in [-0.05, 0) is 19.8 Å². The Bertz CT molecular complexity index is 630. The van der Waals surface area contributed by atoms with E-state index in [1.807, 2.05) is 6.92 Å². The van der Waals surface area contributed by atoms with Crippen LogP contribution in [0.2, 0.25) is 0 Å². The van der Waals surface area contributed by atoms with Crippen LogP contribution in [0.1, 0.15) is 26.2 Å². The Kier molecular flexibility index (Phi) is 4.28. The molecule has 0 N–H and O–H groups in total. The second-order valence-corrected chi connectivity index (χ2v) is 7.98. The highest BCUT2D eigenvalue weighted by atomic mass is 32.2. The van der Waals surface area contributed by atoms with Crippen molar-refractivity contribution >= 4 is 10.0 Å². The molecule has 2 aliphatic heterocycles. The van der Waals surface area contributed by atoms with Crippen molar-refractivity contribution in [3.8, 4) is 0 Å². The van der Waals surface area contributed by atoms with E-state index >= 15 is 0 Å². The smallest absolute Gasteiger partial charge is 0.262 e. The maximum absolute atomic E-state index is 12.7. The van der Waals surface area contributed by atoms with Crippen LogP contribution in [0.3, 0.4) is 0 Å². The normalized spacial score (nSPS) is 30.2. The quantitative estimate of drug-likeness (QED) is 0.816. The number of ether oxygens (including phenoxy) is 2. The summed E-state index contributed by atoms with van der Waals surface area (Å²) in [6.07, 6.45) is 5.55. The molecule has 0 radical (unpaired) electrons. The molecule has 0 aliphatic carbocycles. The van der Waals surface area contributed by atoms with Crippen LogP contribution < -0.4 is 0 Å². The van der Waals surface area contributed by atoms with E-state index in [-0.39, 0.29) is 11.1 Å². The Morgan fingerprint density at radius 2 is 2.36 bits per heavy atom. The molecule has 0 saturated carbocycles. The molecule has 22 heavy (non-hydrogen) atoms. The van der Waals surface area contributed by atoms with Crippen molar-refractivity contribution in [2.45, 2.75) is 42.9 Å². The highest BCUT2D eigenvalue weighted by Gasteiger charge is 2.46. The second-order valence-electron chi connectivity index (χ2n) is 6.10. The van der Waals surface area contributed by atoms with Gasteiger partial charge in [0.1, 0.15) is 0 Å². The summed E-state index contributed by atoms with van der Waals surface area (Å²) in [5, 5.41) is 0.103. The van der Waals surface area contributed by atoms with Crippen molar-refractivity contribution in [1.29, 1.82) is 0 Å². The Hall–Kier alpha value is -0.960. The third kappa shape index (κ3) is 2.92. The lowest BCUT2D eigenvalue weighted by Crippen LogP contribution is -2.50. The Labute approximate surface area is 131 Å². The van der Waals surface area contributed by atoms with E-state index in [2.05, 4.69) is 4.98 Å². The van der Waals surface area contributed by atoms with Crippen molar-refractivity contribution in [3.63, 3.8) is 0 Å². The zero-order valence-corrected chi connectivity index (χ0v) is 13.9.